The van der Waals surface area contributed by atoms with Crippen molar-refractivity contribution in [1.82, 2.24) is 25.2 Å². The van der Waals surface area contributed by atoms with Crippen molar-refractivity contribution in [2.75, 3.05) is 19.6 Å². The second-order valence-corrected chi connectivity index (χ2v) is 8.06. The molecule has 1 fully saturated rings. The van der Waals surface area contributed by atoms with Crippen LogP contribution in [0.3, 0.4) is 0 Å². The first-order valence-electron chi connectivity index (χ1n) is 10.1. The van der Waals surface area contributed by atoms with Crippen molar-refractivity contribution in [2.24, 2.45) is 0 Å². The standard InChI is InChI=1S/C21H31N5O2/c1-16(2)19-7-5-18(6-8-19)14-25-11-4-9-21(28,20(25)27)15-22-10-12-26-13-17(3)23-24-26/h5-8,13,16,22,28H,4,9-12,14-15H2,1-3H3/t21-/m1/s1. The van der Waals surface area contributed by atoms with Gasteiger partial charge in [-0.25, -0.2) is 0 Å². The van der Waals surface area contributed by atoms with Crippen molar-refractivity contribution >= 4 is 5.91 Å². The molecule has 28 heavy (non-hydrogen) atoms. The number of amides is 1. The molecule has 1 aromatic heterocycles. The molecule has 0 aliphatic carbocycles. The predicted molar refractivity (Wildman–Crippen MR) is 108 cm³/mol. The summed E-state index contributed by atoms with van der Waals surface area (Å²) in [5, 5.41) is 22.1. The minimum atomic E-state index is -1.34. The highest BCUT2D eigenvalue weighted by atomic mass is 16.3. The molecule has 1 saturated heterocycles. The molecule has 2 N–H and O–H groups in total. The SMILES string of the molecule is Cc1cn(CCNC[C@]2(O)CCCN(Cc3ccc(C(C)C)cc3)C2=O)nn1. The topological polar surface area (TPSA) is 83.3 Å². The highest BCUT2D eigenvalue weighted by molar-refractivity contribution is 5.86. The van der Waals surface area contributed by atoms with E-state index in [1.54, 1.807) is 9.58 Å². The Kier molecular flexibility index (Phi) is 6.46. The smallest absolute Gasteiger partial charge is 0.256 e. The zero-order valence-electron chi connectivity index (χ0n) is 17.1. The quantitative estimate of drug-likeness (QED) is 0.678. The molecule has 1 aliphatic rings. The van der Waals surface area contributed by atoms with Gasteiger partial charge in [0, 0.05) is 32.4 Å². The van der Waals surface area contributed by atoms with Crippen molar-refractivity contribution in [3.8, 4) is 0 Å². The van der Waals surface area contributed by atoms with E-state index in [1.807, 2.05) is 13.1 Å². The molecule has 1 aromatic carbocycles. The van der Waals surface area contributed by atoms with E-state index < -0.39 is 5.60 Å². The van der Waals surface area contributed by atoms with Crippen LogP contribution in [0.2, 0.25) is 0 Å². The van der Waals surface area contributed by atoms with Crippen LogP contribution in [0.4, 0.5) is 0 Å². The molecule has 1 aliphatic heterocycles. The maximum absolute atomic E-state index is 12.9. The summed E-state index contributed by atoms with van der Waals surface area (Å²) in [6.45, 7) is 8.98. The number of hydrogen-bond donors (Lipinski definition) is 2. The molecule has 0 saturated carbocycles. The molecule has 3 rings (SSSR count). The molecule has 0 spiro atoms. The number of aliphatic hydroxyl groups is 1. The number of benzene rings is 1. The van der Waals surface area contributed by atoms with Crippen molar-refractivity contribution in [3.05, 3.63) is 47.3 Å². The van der Waals surface area contributed by atoms with Gasteiger partial charge in [-0.3, -0.25) is 9.48 Å². The van der Waals surface area contributed by atoms with E-state index in [4.69, 9.17) is 0 Å². The third-order valence-electron chi connectivity index (χ3n) is 5.31. The largest absolute Gasteiger partial charge is 0.379 e. The Morgan fingerprint density at radius 2 is 2.04 bits per heavy atom. The van der Waals surface area contributed by atoms with Crippen molar-refractivity contribution in [3.63, 3.8) is 0 Å². The lowest BCUT2D eigenvalue weighted by Crippen LogP contribution is -2.57. The summed E-state index contributed by atoms with van der Waals surface area (Å²) >= 11 is 0. The van der Waals surface area contributed by atoms with Gasteiger partial charge < -0.3 is 15.3 Å². The van der Waals surface area contributed by atoms with Gasteiger partial charge in [-0.15, -0.1) is 5.10 Å². The first-order chi connectivity index (χ1) is 13.4. The van der Waals surface area contributed by atoms with Crippen LogP contribution < -0.4 is 5.32 Å². The van der Waals surface area contributed by atoms with E-state index in [9.17, 15) is 9.90 Å². The third kappa shape index (κ3) is 4.97. The van der Waals surface area contributed by atoms with E-state index in [0.717, 1.165) is 17.7 Å². The molecular formula is C21H31N5O2. The molecule has 0 unspecified atom stereocenters. The van der Waals surface area contributed by atoms with Crippen molar-refractivity contribution in [1.29, 1.82) is 0 Å². The lowest BCUT2D eigenvalue weighted by molar-refractivity contribution is -0.157. The first-order valence-corrected chi connectivity index (χ1v) is 10.1. The number of likely N-dealkylation sites (tertiary alicyclic amines) is 1. The Bertz CT molecular complexity index is 786. The number of nitrogens with one attached hydrogen (secondary N) is 1. The number of carbonyl (C=O) groups excluding carboxylic acids is 1. The van der Waals surface area contributed by atoms with E-state index in [1.165, 1.54) is 5.56 Å². The van der Waals surface area contributed by atoms with Gasteiger partial charge in [0.25, 0.3) is 5.91 Å². The zero-order chi connectivity index (χ0) is 20.1. The number of nitrogens with zero attached hydrogens (tertiary/aromatic N) is 4. The van der Waals surface area contributed by atoms with Crippen LogP contribution in [0.25, 0.3) is 0 Å². The number of carbonyl (C=O) groups is 1. The fourth-order valence-corrected chi connectivity index (χ4v) is 3.60. The Hall–Kier alpha value is -2.25. The van der Waals surface area contributed by atoms with Crippen LogP contribution in [0.5, 0.6) is 0 Å². The normalized spacial score (nSPS) is 20.2. The van der Waals surface area contributed by atoms with E-state index in [-0.39, 0.29) is 12.5 Å². The van der Waals surface area contributed by atoms with Gasteiger partial charge in [0.2, 0.25) is 0 Å². The second-order valence-electron chi connectivity index (χ2n) is 8.06. The first kappa shape index (κ1) is 20.5. The molecule has 7 nitrogen and oxygen atoms in total. The Morgan fingerprint density at radius 3 is 2.68 bits per heavy atom. The van der Waals surface area contributed by atoms with Crippen LogP contribution in [-0.2, 0) is 17.9 Å². The summed E-state index contributed by atoms with van der Waals surface area (Å²) in [6, 6.07) is 8.39. The lowest BCUT2D eigenvalue weighted by atomic mass is 9.91. The summed E-state index contributed by atoms with van der Waals surface area (Å²) < 4.78 is 1.75. The predicted octanol–water partition coefficient (Wildman–Crippen LogP) is 1.85. The van der Waals surface area contributed by atoms with E-state index in [2.05, 4.69) is 53.7 Å². The number of aryl methyl sites for hydroxylation is 1. The summed E-state index contributed by atoms with van der Waals surface area (Å²) in [6.07, 6.45) is 3.16. The van der Waals surface area contributed by atoms with Crippen molar-refractivity contribution < 1.29 is 9.90 Å². The Morgan fingerprint density at radius 1 is 1.29 bits per heavy atom. The molecule has 1 amide bonds. The van der Waals surface area contributed by atoms with E-state index in [0.29, 0.717) is 38.5 Å². The number of piperidine rings is 1. The molecule has 0 radical (unpaired) electrons. The Balaban J connectivity index is 1.53. The highest BCUT2D eigenvalue weighted by Crippen LogP contribution is 2.24. The van der Waals surface area contributed by atoms with Gasteiger partial charge in [0.05, 0.1) is 12.2 Å². The maximum Gasteiger partial charge on any atom is 0.256 e. The van der Waals surface area contributed by atoms with Gasteiger partial charge in [0.1, 0.15) is 0 Å². The summed E-state index contributed by atoms with van der Waals surface area (Å²) in [4.78, 5) is 14.7. The zero-order valence-corrected chi connectivity index (χ0v) is 17.1. The van der Waals surface area contributed by atoms with E-state index >= 15 is 0 Å². The third-order valence-corrected chi connectivity index (χ3v) is 5.31. The van der Waals surface area contributed by atoms with Crippen LogP contribution in [0.1, 0.15) is 49.4 Å². The fourth-order valence-electron chi connectivity index (χ4n) is 3.60. The fraction of sp³-hybridized carbons (Fsp3) is 0.571. The number of rotatable bonds is 8. The maximum atomic E-state index is 12.9. The molecule has 152 valence electrons. The van der Waals surface area contributed by atoms with Gasteiger partial charge in [-0.2, -0.15) is 0 Å². The number of aromatic nitrogens is 3. The average Bonchev–Trinajstić information content (AvgIpc) is 3.08. The van der Waals surface area contributed by atoms with Gasteiger partial charge in [0.15, 0.2) is 5.60 Å². The molecule has 1 atom stereocenters. The molecule has 7 heteroatoms. The highest BCUT2D eigenvalue weighted by Gasteiger charge is 2.41. The summed E-state index contributed by atoms with van der Waals surface area (Å²) in [7, 11) is 0. The van der Waals surface area contributed by atoms with Crippen LogP contribution in [-0.4, -0.2) is 56.1 Å². The monoisotopic (exact) mass is 385 g/mol. The molecular weight excluding hydrogens is 354 g/mol. The summed E-state index contributed by atoms with van der Waals surface area (Å²) in [5.41, 5.74) is 1.92. The second kappa shape index (κ2) is 8.84. The number of hydrogen-bond acceptors (Lipinski definition) is 5. The lowest BCUT2D eigenvalue weighted by Gasteiger charge is -2.38. The van der Waals surface area contributed by atoms with Gasteiger partial charge in [-0.05, 0) is 36.8 Å². The minimum absolute atomic E-state index is 0.184. The minimum Gasteiger partial charge on any atom is -0.379 e. The van der Waals surface area contributed by atoms with Crippen LogP contribution >= 0.6 is 0 Å². The van der Waals surface area contributed by atoms with Gasteiger partial charge in [-0.1, -0.05) is 43.3 Å². The van der Waals surface area contributed by atoms with Gasteiger partial charge >= 0.3 is 0 Å². The van der Waals surface area contributed by atoms with Crippen LogP contribution in [0.15, 0.2) is 30.5 Å². The van der Waals surface area contributed by atoms with Crippen molar-refractivity contribution in [2.45, 2.75) is 58.2 Å². The molecule has 2 aromatic rings. The molecule has 2 heterocycles. The molecule has 0 bridgehead atoms. The average molecular weight is 386 g/mol. The Labute approximate surface area is 166 Å². The summed E-state index contributed by atoms with van der Waals surface area (Å²) in [5.74, 6) is 0.305. The van der Waals surface area contributed by atoms with Crippen LogP contribution in [0, 0.1) is 6.92 Å².